The fraction of sp³-hybridized carbons (Fsp3) is 0.450. The van der Waals surface area contributed by atoms with Crippen LogP contribution < -0.4 is 5.32 Å². The van der Waals surface area contributed by atoms with Crippen molar-refractivity contribution in [3.05, 3.63) is 53.6 Å². The Bertz CT molecular complexity index is 843. The molecule has 0 spiro atoms. The molecule has 158 valence electrons. The Morgan fingerprint density at radius 2 is 1.69 bits per heavy atom. The highest BCUT2D eigenvalue weighted by Crippen LogP contribution is 2.36. The molecule has 29 heavy (non-hydrogen) atoms. The van der Waals surface area contributed by atoms with Crippen LogP contribution in [0.2, 0.25) is 0 Å². The van der Waals surface area contributed by atoms with Crippen LogP contribution in [0.4, 0.5) is 23.7 Å². The lowest BCUT2D eigenvalue weighted by Crippen LogP contribution is -2.29. The van der Waals surface area contributed by atoms with E-state index in [9.17, 15) is 23.1 Å². The van der Waals surface area contributed by atoms with E-state index in [0.29, 0.717) is 5.69 Å². The summed E-state index contributed by atoms with van der Waals surface area (Å²) in [5.74, 6) is 0. The molecule has 0 radical (unpaired) electrons. The van der Waals surface area contributed by atoms with Gasteiger partial charge in [-0.15, -0.1) is 0 Å². The fourth-order valence-corrected chi connectivity index (χ4v) is 2.51. The van der Waals surface area contributed by atoms with E-state index in [-0.39, 0.29) is 11.4 Å². The first-order valence-corrected chi connectivity index (χ1v) is 8.88. The van der Waals surface area contributed by atoms with Crippen molar-refractivity contribution in [1.29, 1.82) is 0 Å². The predicted octanol–water partition coefficient (Wildman–Crippen LogP) is 4.85. The van der Waals surface area contributed by atoms with Crippen molar-refractivity contribution >= 4 is 11.8 Å². The molecule has 2 aromatic rings. The molecule has 1 unspecified atom stereocenters. The van der Waals surface area contributed by atoms with Crippen LogP contribution in [0.25, 0.3) is 0 Å². The van der Waals surface area contributed by atoms with Gasteiger partial charge < -0.3 is 9.84 Å². The molecule has 2 N–H and O–H groups in total. The molecule has 1 atom stereocenters. The summed E-state index contributed by atoms with van der Waals surface area (Å²) in [4.78, 5) is 19.8. The lowest BCUT2D eigenvalue weighted by molar-refractivity contribution is -0.137. The molecule has 0 aliphatic heterocycles. The second-order valence-corrected chi connectivity index (χ2v) is 8.15. The number of aliphatic hydroxyl groups excluding tert-OH is 1. The number of hydrogen-bond donors (Lipinski definition) is 2. The van der Waals surface area contributed by atoms with Crippen molar-refractivity contribution in [2.24, 2.45) is 0 Å². The van der Waals surface area contributed by atoms with Crippen LogP contribution in [-0.2, 0) is 16.3 Å². The number of aromatic nitrogens is 2. The van der Waals surface area contributed by atoms with Crippen molar-refractivity contribution in [3.8, 4) is 0 Å². The number of anilines is 1. The number of nitrogens with one attached hydrogen (secondary N) is 1. The Labute approximate surface area is 167 Å². The molecule has 0 aliphatic rings. The second kappa shape index (κ2) is 7.98. The van der Waals surface area contributed by atoms with Gasteiger partial charge in [0.25, 0.3) is 0 Å². The molecule has 0 fully saturated rings. The zero-order chi connectivity index (χ0) is 22.0. The van der Waals surface area contributed by atoms with Crippen molar-refractivity contribution in [2.75, 3.05) is 5.32 Å². The van der Waals surface area contributed by atoms with Crippen LogP contribution in [0.15, 0.2) is 36.7 Å². The van der Waals surface area contributed by atoms with Gasteiger partial charge in [-0.05, 0) is 45.0 Å². The molecular weight excluding hydrogens is 387 g/mol. The summed E-state index contributed by atoms with van der Waals surface area (Å²) in [7, 11) is 0. The standard InChI is InChI=1S/C20H24F3N3O3/c1-18(2,3)29-17(28)26-13-7-8-14(24-11-13)16(27)19(4,5)15-9-6-12(10-25-15)20(21,22)23/h6-11,16,27H,1-5H3,(H,26,28). The molecule has 2 aromatic heterocycles. The van der Waals surface area contributed by atoms with Gasteiger partial charge >= 0.3 is 12.3 Å². The lowest BCUT2D eigenvalue weighted by Gasteiger charge is -2.30. The molecule has 1 amide bonds. The number of halogens is 3. The maximum Gasteiger partial charge on any atom is 0.417 e. The third-order valence-corrected chi connectivity index (χ3v) is 4.15. The molecule has 0 saturated heterocycles. The zero-order valence-corrected chi connectivity index (χ0v) is 16.8. The summed E-state index contributed by atoms with van der Waals surface area (Å²) in [6, 6.07) is 5.23. The number of nitrogens with zero attached hydrogens (tertiary/aromatic N) is 2. The quantitative estimate of drug-likeness (QED) is 0.751. The van der Waals surface area contributed by atoms with Gasteiger partial charge in [0.15, 0.2) is 0 Å². The highest BCUT2D eigenvalue weighted by molar-refractivity contribution is 5.84. The summed E-state index contributed by atoms with van der Waals surface area (Å²) in [5.41, 5.74) is -1.56. The highest BCUT2D eigenvalue weighted by atomic mass is 19.4. The van der Waals surface area contributed by atoms with Crippen molar-refractivity contribution < 1.29 is 27.8 Å². The molecule has 9 heteroatoms. The normalized spacial score (nSPS) is 13.7. The molecule has 0 saturated carbocycles. The van der Waals surface area contributed by atoms with Gasteiger partial charge in [-0.3, -0.25) is 15.3 Å². The number of rotatable bonds is 4. The van der Waals surface area contributed by atoms with E-state index in [1.54, 1.807) is 40.7 Å². The number of pyridine rings is 2. The summed E-state index contributed by atoms with van der Waals surface area (Å²) in [6.07, 6.45) is -4.15. The number of hydrogen-bond acceptors (Lipinski definition) is 5. The van der Waals surface area contributed by atoms with Gasteiger partial charge in [0.1, 0.15) is 11.7 Å². The monoisotopic (exact) mass is 411 g/mol. The molecule has 2 rings (SSSR count). The SMILES string of the molecule is CC(C)(C)OC(=O)Nc1ccc(C(O)C(C)(C)c2ccc(C(F)(F)F)cn2)nc1. The third-order valence-electron chi connectivity index (χ3n) is 4.15. The topological polar surface area (TPSA) is 84.3 Å². The maximum atomic E-state index is 12.7. The number of carbonyl (C=O) groups excluding carboxylic acids is 1. The van der Waals surface area contributed by atoms with Gasteiger partial charge in [-0.1, -0.05) is 13.8 Å². The van der Waals surface area contributed by atoms with Crippen molar-refractivity contribution in [3.63, 3.8) is 0 Å². The molecule has 0 aromatic carbocycles. The van der Waals surface area contributed by atoms with E-state index in [1.807, 2.05) is 0 Å². The van der Waals surface area contributed by atoms with Crippen LogP contribution in [0.5, 0.6) is 0 Å². The largest absolute Gasteiger partial charge is 0.444 e. The molecule has 0 bridgehead atoms. The summed E-state index contributed by atoms with van der Waals surface area (Å²) in [6.45, 7) is 8.52. The van der Waals surface area contributed by atoms with Crippen LogP contribution in [-0.4, -0.2) is 26.8 Å². The van der Waals surface area contributed by atoms with E-state index in [4.69, 9.17) is 4.74 Å². The summed E-state index contributed by atoms with van der Waals surface area (Å²) < 4.78 is 43.3. The summed E-state index contributed by atoms with van der Waals surface area (Å²) >= 11 is 0. The number of carbonyl (C=O) groups is 1. The van der Waals surface area contributed by atoms with Crippen LogP contribution in [0, 0.1) is 0 Å². The maximum absolute atomic E-state index is 12.7. The Morgan fingerprint density at radius 1 is 1.03 bits per heavy atom. The third kappa shape index (κ3) is 5.90. The number of ether oxygens (including phenoxy) is 1. The van der Waals surface area contributed by atoms with Crippen LogP contribution in [0.1, 0.15) is 57.7 Å². The Balaban J connectivity index is 2.14. The molecule has 2 heterocycles. The summed E-state index contributed by atoms with van der Waals surface area (Å²) in [5, 5.41) is 13.3. The van der Waals surface area contributed by atoms with E-state index in [1.165, 1.54) is 18.3 Å². The van der Waals surface area contributed by atoms with E-state index in [2.05, 4.69) is 15.3 Å². The Hall–Kier alpha value is -2.68. The molecular formula is C20H24F3N3O3. The van der Waals surface area contributed by atoms with E-state index < -0.39 is 35.0 Å². The Kier molecular flexibility index (Phi) is 6.22. The van der Waals surface area contributed by atoms with Gasteiger partial charge in [0.2, 0.25) is 0 Å². The average Bonchev–Trinajstić information content (AvgIpc) is 2.59. The minimum absolute atomic E-state index is 0.284. The first kappa shape index (κ1) is 22.6. The Morgan fingerprint density at radius 3 is 2.14 bits per heavy atom. The average molecular weight is 411 g/mol. The number of aliphatic hydroxyl groups is 1. The van der Waals surface area contributed by atoms with Crippen LogP contribution in [0.3, 0.4) is 0 Å². The smallest absolute Gasteiger partial charge is 0.417 e. The van der Waals surface area contributed by atoms with Gasteiger partial charge in [0.05, 0.1) is 23.1 Å². The molecule has 6 nitrogen and oxygen atoms in total. The van der Waals surface area contributed by atoms with Crippen molar-refractivity contribution in [2.45, 2.75) is 57.9 Å². The zero-order valence-electron chi connectivity index (χ0n) is 16.8. The van der Waals surface area contributed by atoms with Crippen LogP contribution >= 0.6 is 0 Å². The minimum Gasteiger partial charge on any atom is -0.444 e. The first-order valence-electron chi connectivity index (χ1n) is 8.88. The number of amides is 1. The van der Waals surface area contributed by atoms with Gasteiger partial charge in [-0.2, -0.15) is 13.2 Å². The van der Waals surface area contributed by atoms with E-state index in [0.717, 1.165) is 12.3 Å². The first-order chi connectivity index (χ1) is 13.2. The number of alkyl halides is 3. The van der Waals surface area contributed by atoms with Crippen molar-refractivity contribution in [1.82, 2.24) is 9.97 Å². The minimum atomic E-state index is -4.48. The molecule has 0 aliphatic carbocycles. The fourth-order valence-electron chi connectivity index (χ4n) is 2.51. The lowest BCUT2D eigenvalue weighted by atomic mass is 9.81. The van der Waals surface area contributed by atoms with E-state index >= 15 is 0 Å². The highest BCUT2D eigenvalue weighted by Gasteiger charge is 2.35. The second-order valence-electron chi connectivity index (χ2n) is 8.15. The predicted molar refractivity (Wildman–Crippen MR) is 101 cm³/mol. The van der Waals surface area contributed by atoms with Gasteiger partial charge in [0, 0.05) is 17.3 Å². The van der Waals surface area contributed by atoms with Gasteiger partial charge in [-0.25, -0.2) is 4.79 Å².